The molecule has 1 fully saturated rings. The van der Waals surface area contributed by atoms with Crippen molar-refractivity contribution in [2.45, 2.75) is 51.7 Å². The summed E-state index contributed by atoms with van der Waals surface area (Å²) < 4.78 is 5.17. The number of nitrogens with one attached hydrogen (secondary N) is 1. The molecule has 3 unspecified atom stereocenters. The van der Waals surface area contributed by atoms with Crippen LogP contribution in [0.1, 0.15) is 39.5 Å². The molecule has 15 heavy (non-hydrogen) atoms. The third-order valence-corrected chi connectivity index (χ3v) is 3.09. The fourth-order valence-corrected chi connectivity index (χ4v) is 2.24. The molecule has 0 saturated heterocycles. The summed E-state index contributed by atoms with van der Waals surface area (Å²) in [6, 6.07) is 0.602. The van der Waals surface area contributed by atoms with Gasteiger partial charge in [-0.05, 0) is 25.7 Å². The SMILES string of the molecule is CCOCC(O)CNC1CCCC(C)C1. The highest BCUT2D eigenvalue weighted by Gasteiger charge is 2.18. The largest absolute Gasteiger partial charge is 0.389 e. The van der Waals surface area contributed by atoms with Crippen molar-refractivity contribution in [3.8, 4) is 0 Å². The predicted octanol–water partition coefficient (Wildman–Crippen LogP) is 1.55. The monoisotopic (exact) mass is 215 g/mol. The summed E-state index contributed by atoms with van der Waals surface area (Å²) in [5.74, 6) is 0.834. The molecule has 1 aliphatic carbocycles. The van der Waals surface area contributed by atoms with E-state index in [0.717, 1.165) is 5.92 Å². The number of aliphatic hydroxyl groups excluding tert-OH is 1. The van der Waals surface area contributed by atoms with Crippen molar-refractivity contribution < 1.29 is 9.84 Å². The van der Waals surface area contributed by atoms with E-state index in [9.17, 15) is 5.11 Å². The van der Waals surface area contributed by atoms with Gasteiger partial charge in [0.25, 0.3) is 0 Å². The summed E-state index contributed by atoms with van der Waals surface area (Å²) in [5, 5.41) is 13.0. The predicted molar refractivity (Wildman–Crippen MR) is 61.9 cm³/mol. The summed E-state index contributed by atoms with van der Waals surface area (Å²) in [6.45, 7) is 6.05. The lowest BCUT2D eigenvalue weighted by Gasteiger charge is -2.28. The average molecular weight is 215 g/mol. The highest BCUT2D eigenvalue weighted by atomic mass is 16.5. The second kappa shape index (κ2) is 7.20. The third kappa shape index (κ3) is 5.50. The maximum Gasteiger partial charge on any atom is 0.0897 e. The minimum atomic E-state index is -0.359. The second-order valence-electron chi connectivity index (χ2n) is 4.69. The van der Waals surface area contributed by atoms with Gasteiger partial charge in [0.2, 0.25) is 0 Å². The van der Waals surface area contributed by atoms with Crippen LogP contribution >= 0.6 is 0 Å². The van der Waals surface area contributed by atoms with Crippen molar-refractivity contribution in [2.24, 2.45) is 5.92 Å². The standard InChI is InChI=1S/C12H25NO2/c1-3-15-9-12(14)8-13-11-6-4-5-10(2)7-11/h10-14H,3-9H2,1-2H3. The van der Waals surface area contributed by atoms with Crippen molar-refractivity contribution >= 4 is 0 Å². The molecule has 90 valence electrons. The first kappa shape index (κ1) is 12.9. The maximum atomic E-state index is 9.59. The Hall–Kier alpha value is -0.120. The summed E-state index contributed by atoms with van der Waals surface area (Å²) in [5.41, 5.74) is 0. The lowest BCUT2D eigenvalue weighted by atomic mass is 9.87. The number of ether oxygens (including phenoxy) is 1. The Balaban J connectivity index is 2.07. The van der Waals surface area contributed by atoms with E-state index in [1.807, 2.05) is 6.92 Å². The summed E-state index contributed by atoms with van der Waals surface area (Å²) >= 11 is 0. The minimum Gasteiger partial charge on any atom is -0.389 e. The van der Waals surface area contributed by atoms with Gasteiger partial charge in [-0.3, -0.25) is 0 Å². The van der Waals surface area contributed by atoms with Crippen molar-refractivity contribution in [1.82, 2.24) is 5.32 Å². The maximum absolute atomic E-state index is 9.59. The van der Waals surface area contributed by atoms with E-state index in [-0.39, 0.29) is 6.10 Å². The van der Waals surface area contributed by atoms with E-state index in [1.54, 1.807) is 0 Å². The minimum absolute atomic E-state index is 0.359. The van der Waals surface area contributed by atoms with Crippen LogP contribution in [0, 0.1) is 5.92 Å². The lowest BCUT2D eigenvalue weighted by Crippen LogP contribution is -2.39. The lowest BCUT2D eigenvalue weighted by molar-refractivity contribution is 0.0402. The highest BCUT2D eigenvalue weighted by molar-refractivity contribution is 4.76. The Morgan fingerprint density at radius 1 is 1.47 bits per heavy atom. The van der Waals surface area contributed by atoms with E-state index in [4.69, 9.17) is 4.74 Å². The molecule has 3 heteroatoms. The summed E-state index contributed by atoms with van der Waals surface area (Å²) in [7, 11) is 0. The first-order chi connectivity index (χ1) is 7.22. The van der Waals surface area contributed by atoms with Gasteiger partial charge < -0.3 is 15.2 Å². The Bertz CT molecular complexity index is 164. The molecule has 1 aliphatic rings. The van der Waals surface area contributed by atoms with Crippen molar-refractivity contribution in [1.29, 1.82) is 0 Å². The van der Waals surface area contributed by atoms with Gasteiger partial charge in [-0.15, -0.1) is 0 Å². The molecule has 0 amide bonds. The smallest absolute Gasteiger partial charge is 0.0897 e. The molecule has 1 rings (SSSR count). The van der Waals surface area contributed by atoms with Crippen LogP contribution in [0.15, 0.2) is 0 Å². The fraction of sp³-hybridized carbons (Fsp3) is 1.00. The first-order valence-electron chi connectivity index (χ1n) is 6.21. The van der Waals surface area contributed by atoms with E-state index in [2.05, 4.69) is 12.2 Å². The zero-order valence-electron chi connectivity index (χ0n) is 10.0. The molecule has 0 heterocycles. The van der Waals surface area contributed by atoms with Crippen LogP contribution in [0.4, 0.5) is 0 Å². The zero-order chi connectivity index (χ0) is 11.1. The zero-order valence-corrected chi connectivity index (χ0v) is 10.0. The molecular formula is C12H25NO2. The summed E-state index contributed by atoms with van der Waals surface area (Å²) in [6.07, 6.45) is 4.83. The van der Waals surface area contributed by atoms with Crippen LogP contribution in [0.3, 0.4) is 0 Å². The third-order valence-electron chi connectivity index (χ3n) is 3.09. The molecule has 3 atom stereocenters. The topological polar surface area (TPSA) is 41.5 Å². The second-order valence-corrected chi connectivity index (χ2v) is 4.69. The molecule has 3 nitrogen and oxygen atoms in total. The quantitative estimate of drug-likeness (QED) is 0.706. The van der Waals surface area contributed by atoms with Crippen molar-refractivity contribution in [3.05, 3.63) is 0 Å². The number of hydrogen-bond acceptors (Lipinski definition) is 3. The Morgan fingerprint density at radius 2 is 2.27 bits per heavy atom. The van der Waals surface area contributed by atoms with Crippen LogP contribution in [-0.2, 0) is 4.74 Å². The van der Waals surface area contributed by atoms with Crippen LogP contribution in [0.2, 0.25) is 0 Å². The molecule has 2 N–H and O–H groups in total. The van der Waals surface area contributed by atoms with Gasteiger partial charge in [0.15, 0.2) is 0 Å². The molecule has 0 aliphatic heterocycles. The first-order valence-corrected chi connectivity index (χ1v) is 6.21. The fourth-order valence-electron chi connectivity index (χ4n) is 2.24. The van der Waals surface area contributed by atoms with Crippen LogP contribution < -0.4 is 5.32 Å². The van der Waals surface area contributed by atoms with E-state index < -0.39 is 0 Å². The number of hydrogen-bond donors (Lipinski definition) is 2. The van der Waals surface area contributed by atoms with Gasteiger partial charge in [0.1, 0.15) is 0 Å². The van der Waals surface area contributed by atoms with Gasteiger partial charge in [-0.2, -0.15) is 0 Å². The van der Waals surface area contributed by atoms with E-state index in [0.29, 0.717) is 25.8 Å². The van der Waals surface area contributed by atoms with Crippen LogP contribution in [0.25, 0.3) is 0 Å². The normalized spacial score (nSPS) is 29.0. The van der Waals surface area contributed by atoms with Crippen molar-refractivity contribution in [2.75, 3.05) is 19.8 Å². The van der Waals surface area contributed by atoms with E-state index >= 15 is 0 Å². The Morgan fingerprint density at radius 3 is 2.93 bits per heavy atom. The van der Waals surface area contributed by atoms with Crippen molar-refractivity contribution in [3.63, 3.8) is 0 Å². The number of rotatable bonds is 6. The molecular weight excluding hydrogens is 190 g/mol. The van der Waals surface area contributed by atoms with Crippen LogP contribution in [-0.4, -0.2) is 37.0 Å². The molecule has 1 saturated carbocycles. The van der Waals surface area contributed by atoms with Crippen LogP contribution in [0.5, 0.6) is 0 Å². The molecule has 0 aromatic carbocycles. The van der Waals surface area contributed by atoms with Gasteiger partial charge in [0.05, 0.1) is 12.7 Å². The highest BCUT2D eigenvalue weighted by Crippen LogP contribution is 2.23. The Kier molecular flexibility index (Phi) is 6.22. The molecule has 0 aromatic heterocycles. The summed E-state index contributed by atoms with van der Waals surface area (Å²) in [4.78, 5) is 0. The molecule has 0 spiro atoms. The Labute approximate surface area is 93.2 Å². The van der Waals surface area contributed by atoms with E-state index in [1.165, 1.54) is 25.7 Å². The average Bonchev–Trinajstić information content (AvgIpc) is 2.23. The molecule has 0 radical (unpaired) electrons. The molecule has 0 bridgehead atoms. The van der Waals surface area contributed by atoms with Gasteiger partial charge >= 0.3 is 0 Å². The van der Waals surface area contributed by atoms with Gasteiger partial charge in [-0.25, -0.2) is 0 Å². The molecule has 0 aromatic rings. The van der Waals surface area contributed by atoms with Gasteiger partial charge in [-0.1, -0.05) is 19.8 Å². The number of aliphatic hydroxyl groups is 1. The van der Waals surface area contributed by atoms with Gasteiger partial charge in [0, 0.05) is 19.2 Å².